The lowest BCUT2D eigenvalue weighted by molar-refractivity contribution is 0.0990. The molecule has 1 aliphatic rings. The Morgan fingerprint density at radius 3 is 3.12 bits per heavy atom. The summed E-state index contributed by atoms with van der Waals surface area (Å²) < 4.78 is 10.6. The molecule has 1 aliphatic heterocycles. The minimum atomic E-state index is 0.00245. The molecule has 0 atom stereocenters. The number of fused-ring (bicyclic) bond motifs is 1. The van der Waals surface area contributed by atoms with Crippen LogP contribution in [0.1, 0.15) is 10.4 Å². The summed E-state index contributed by atoms with van der Waals surface area (Å²) in [6.45, 7) is 0.294. The lowest BCUT2D eigenvalue weighted by Crippen LogP contribution is -2.19. The van der Waals surface area contributed by atoms with Gasteiger partial charge >= 0.3 is 0 Å². The van der Waals surface area contributed by atoms with Crippen molar-refractivity contribution in [3.8, 4) is 11.5 Å². The molecule has 86 valence electrons. The lowest BCUT2D eigenvalue weighted by atomic mass is 10.1. The number of hydrogen-bond donors (Lipinski definition) is 1. The number of methoxy groups -OCH3 is 1. The van der Waals surface area contributed by atoms with Gasteiger partial charge in [0.25, 0.3) is 0 Å². The summed E-state index contributed by atoms with van der Waals surface area (Å²) in [6, 6.07) is 3.61. The van der Waals surface area contributed by atoms with Gasteiger partial charge in [-0.2, -0.15) is 0 Å². The van der Waals surface area contributed by atoms with Crippen molar-refractivity contribution < 1.29 is 14.3 Å². The Hall–Kier alpha value is -1.20. The fraction of sp³-hybridized carbons (Fsp3) is 0.364. The molecule has 16 heavy (non-hydrogen) atoms. The Bertz CT molecular complexity index is 420. The normalized spacial score (nSPS) is 13.1. The second-order valence-corrected chi connectivity index (χ2v) is 4.32. The Morgan fingerprint density at radius 2 is 2.44 bits per heavy atom. The third-order valence-corrected chi connectivity index (χ3v) is 3.20. The molecule has 0 amide bonds. The number of carbonyl (C=O) groups is 1. The van der Waals surface area contributed by atoms with E-state index in [9.17, 15) is 4.79 Å². The van der Waals surface area contributed by atoms with Gasteiger partial charge in [-0.1, -0.05) is 11.8 Å². The van der Waals surface area contributed by atoms with Gasteiger partial charge in [0.05, 0.1) is 24.1 Å². The molecule has 0 bridgehead atoms. The van der Waals surface area contributed by atoms with Crippen molar-refractivity contribution in [2.75, 3.05) is 26.6 Å². The molecule has 1 N–H and O–H groups in total. The number of hydrogen-bond acceptors (Lipinski definition) is 5. The minimum absolute atomic E-state index is 0.00245. The van der Waals surface area contributed by atoms with Crippen LogP contribution in [0.3, 0.4) is 0 Å². The van der Waals surface area contributed by atoms with E-state index in [0.29, 0.717) is 23.8 Å². The largest absolute Gasteiger partial charge is 0.496 e. The molecule has 0 saturated heterocycles. The highest BCUT2D eigenvalue weighted by Gasteiger charge is 2.20. The van der Waals surface area contributed by atoms with Gasteiger partial charge in [0.15, 0.2) is 5.78 Å². The van der Waals surface area contributed by atoms with Crippen LogP contribution in [0.15, 0.2) is 17.0 Å². The zero-order valence-corrected chi connectivity index (χ0v) is 10.0. The molecule has 2 rings (SSSR count). The zero-order valence-electron chi connectivity index (χ0n) is 9.20. The highest BCUT2D eigenvalue weighted by molar-refractivity contribution is 7.99. The summed E-state index contributed by atoms with van der Waals surface area (Å²) in [4.78, 5) is 12.8. The molecule has 0 spiro atoms. The van der Waals surface area contributed by atoms with Gasteiger partial charge in [0, 0.05) is 0 Å². The van der Waals surface area contributed by atoms with Gasteiger partial charge in [-0.3, -0.25) is 4.79 Å². The van der Waals surface area contributed by atoms with Crippen molar-refractivity contribution in [3.05, 3.63) is 17.7 Å². The number of benzene rings is 1. The number of thioether (sulfide) groups is 1. The van der Waals surface area contributed by atoms with E-state index in [-0.39, 0.29) is 5.78 Å². The summed E-state index contributed by atoms with van der Waals surface area (Å²) in [7, 11) is 3.31. The first-order valence-electron chi connectivity index (χ1n) is 4.91. The topological polar surface area (TPSA) is 47.6 Å². The van der Waals surface area contributed by atoms with Gasteiger partial charge in [0.1, 0.15) is 17.4 Å². The number of rotatable bonds is 4. The summed E-state index contributed by atoms with van der Waals surface area (Å²) in [5.41, 5.74) is 0.568. The number of carbonyl (C=O) groups excluding carboxylic acids is 1. The fourth-order valence-electron chi connectivity index (χ4n) is 1.57. The predicted molar refractivity (Wildman–Crippen MR) is 62.6 cm³/mol. The van der Waals surface area contributed by atoms with Crippen molar-refractivity contribution in [3.63, 3.8) is 0 Å². The molecule has 0 aromatic heterocycles. The number of nitrogens with one attached hydrogen (secondary N) is 1. The molecule has 0 radical (unpaired) electrons. The van der Waals surface area contributed by atoms with Crippen LogP contribution in [0.5, 0.6) is 11.5 Å². The van der Waals surface area contributed by atoms with Crippen molar-refractivity contribution in [1.82, 2.24) is 5.32 Å². The van der Waals surface area contributed by atoms with Crippen LogP contribution in [0, 0.1) is 0 Å². The van der Waals surface area contributed by atoms with E-state index < -0.39 is 0 Å². The van der Waals surface area contributed by atoms with Crippen LogP contribution in [0.4, 0.5) is 0 Å². The molecule has 0 saturated carbocycles. The van der Waals surface area contributed by atoms with Gasteiger partial charge in [-0.05, 0) is 19.2 Å². The highest BCUT2D eigenvalue weighted by atomic mass is 32.2. The number of ketones is 1. The number of likely N-dealkylation sites (N-methyl/N-ethyl adjacent to an activating group) is 1. The van der Waals surface area contributed by atoms with E-state index in [1.807, 2.05) is 6.07 Å². The Labute approximate surface area is 98.3 Å². The number of Topliss-reactive ketones (excluding diaryl/α,β-unsaturated/α-hetero) is 1. The van der Waals surface area contributed by atoms with E-state index in [2.05, 4.69) is 5.32 Å². The molecule has 0 aliphatic carbocycles. The van der Waals surface area contributed by atoms with Crippen LogP contribution in [0.25, 0.3) is 0 Å². The first kappa shape index (κ1) is 11.3. The monoisotopic (exact) mass is 239 g/mol. The summed E-state index contributed by atoms with van der Waals surface area (Å²) >= 11 is 1.60. The van der Waals surface area contributed by atoms with Crippen molar-refractivity contribution in [2.45, 2.75) is 4.90 Å². The minimum Gasteiger partial charge on any atom is -0.496 e. The van der Waals surface area contributed by atoms with Gasteiger partial charge < -0.3 is 14.8 Å². The second kappa shape index (κ2) is 4.76. The molecule has 1 heterocycles. The SMILES string of the molecule is CNCC(=O)c1cc2c(cc1OC)SCO2. The van der Waals surface area contributed by atoms with Crippen molar-refractivity contribution in [2.24, 2.45) is 0 Å². The molecular weight excluding hydrogens is 226 g/mol. The number of ether oxygens (including phenoxy) is 2. The maximum absolute atomic E-state index is 11.8. The van der Waals surface area contributed by atoms with E-state index in [1.165, 1.54) is 0 Å². The predicted octanol–water partition coefficient (Wildman–Crippen LogP) is 1.54. The molecule has 5 heteroatoms. The van der Waals surface area contributed by atoms with Crippen LogP contribution >= 0.6 is 11.8 Å². The Kier molecular flexibility index (Phi) is 3.36. The van der Waals surface area contributed by atoms with Gasteiger partial charge in [0.2, 0.25) is 0 Å². The van der Waals surface area contributed by atoms with Crippen LogP contribution in [-0.2, 0) is 0 Å². The first-order chi connectivity index (χ1) is 7.76. The van der Waals surface area contributed by atoms with E-state index in [0.717, 1.165) is 10.6 Å². The Morgan fingerprint density at radius 1 is 1.62 bits per heavy atom. The lowest BCUT2D eigenvalue weighted by Gasteiger charge is -2.09. The molecular formula is C11H13NO3S. The van der Waals surface area contributed by atoms with Gasteiger partial charge in [-0.15, -0.1) is 0 Å². The maximum Gasteiger partial charge on any atom is 0.180 e. The third kappa shape index (κ3) is 2.01. The quantitative estimate of drug-likeness (QED) is 0.808. The van der Waals surface area contributed by atoms with E-state index in [4.69, 9.17) is 9.47 Å². The zero-order chi connectivity index (χ0) is 11.5. The molecule has 1 aromatic carbocycles. The van der Waals surface area contributed by atoms with Crippen LogP contribution in [-0.4, -0.2) is 32.4 Å². The highest BCUT2D eigenvalue weighted by Crippen LogP contribution is 2.40. The smallest absolute Gasteiger partial charge is 0.180 e. The summed E-state index contributed by atoms with van der Waals surface area (Å²) in [5, 5.41) is 2.83. The van der Waals surface area contributed by atoms with Crippen LogP contribution in [0.2, 0.25) is 0 Å². The van der Waals surface area contributed by atoms with Crippen LogP contribution < -0.4 is 14.8 Å². The third-order valence-electron chi connectivity index (χ3n) is 2.33. The van der Waals surface area contributed by atoms with E-state index in [1.54, 1.807) is 32.0 Å². The summed E-state index contributed by atoms with van der Waals surface area (Å²) in [5.74, 6) is 1.98. The summed E-state index contributed by atoms with van der Waals surface area (Å²) in [6.07, 6.45) is 0. The average Bonchev–Trinajstić information content (AvgIpc) is 2.74. The first-order valence-corrected chi connectivity index (χ1v) is 5.90. The van der Waals surface area contributed by atoms with E-state index >= 15 is 0 Å². The van der Waals surface area contributed by atoms with Gasteiger partial charge in [-0.25, -0.2) is 0 Å². The Balaban J connectivity index is 2.39. The molecule has 1 aromatic rings. The maximum atomic E-state index is 11.8. The molecule has 0 fully saturated rings. The fourth-order valence-corrected chi connectivity index (χ4v) is 2.33. The molecule has 4 nitrogen and oxygen atoms in total. The average molecular weight is 239 g/mol. The molecule has 0 unspecified atom stereocenters. The standard InChI is InChI=1S/C11H13NO3S/c1-12-5-8(13)7-3-10-11(16-6-15-10)4-9(7)14-2/h3-4,12H,5-6H2,1-2H3. The second-order valence-electron chi connectivity index (χ2n) is 3.36. The van der Waals surface area contributed by atoms with Crippen molar-refractivity contribution in [1.29, 1.82) is 0 Å². The van der Waals surface area contributed by atoms with Crippen molar-refractivity contribution >= 4 is 17.5 Å².